The number of likely N-dealkylation sites (tertiary alicyclic amines) is 1. The summed E-state index contributed by atoms with van der Waals surface area (Å²) in [4.78, 5) is 30.9. The number of hydrogen-bond acceptors (Lipinski definition) is 5. The van der Waals surface area contributed by atoms with E-state index in [1.807, 2.05) is 59.5 Å². The maximum Gasteiger partial charge on any atom is 0.253 e. The van der Waals surface area contributed by atoms with Gasteiger partial charge in [-0.15, -0.1) is 0 Å². The molecule has 0 atom stereocenters. The Kier molecular flexibility index (Phi) is 8.02. The van der Waals surface area contributed by atoms with Crippen LogP contribution in [0.2, 0.25) is 0 Å². The molecular formula is C26H31N5O2. The summed E-state index contributed by atoms with van der Waals surface area (Å²) in [6.45, 7) is 2.16. The lowest BCUT2D eigenvalue weighted by molar-refractivity contribution is 0.0724. The molecule has 0 aliphatic carbocycles. The van der Waals surface area contributed by atoms with E-state index in [1.54, 1.807) is 6.07 Å². The molecule has 4 N–H and O–H groups in total. The fourth-order valence-corrected chi connectivity index (χ4v) is 3.82. The van der Waals surface area contributed by atoms with Crippen molar-refractivity contribution in [3.05, 3.63) is 83.6 Å². The SMILES string of the molecule is C.NC(=O)c1cnc(Nc2cccc(C(=O)N3CCCCC3)c2)cc1NCc1ccccc1. The van der Waals surface area contributed by atoms with Crippen molar-refractivity contribution >= 4 is 29.0 Å². The van der Waals surface area contributed by atoms with Gasteiger partial charge in [0.1, 0.15) is 5.82 Å². The van der Waals surface area contributed by atoms with E-state index in [0.717, 1.165) is 37.2 Å². The first-order valence-corrected chi connectivity index (χ1v) is 10.8. The normalized spacial score (nSPS) is 13.0. The molecule has 2 heterocycles. The Bertz CT molecular complexity index is 1090. The Morgan fingerprint density at radius 2 is 1.73 bits per heavy atom. The first-order valence-electron chi connectivity index (χ1n) is 10.8. The maximum absolute atomic E-state index is 12.8. The lowest BCUT2D eigenvalue weighted by Crippen LogP contribution is -2.35. The summed E-state index contributed by atoms with van der Waals surface area (Å²) in [7, 11) is 0. The summed E-state index contributed by atoms with van der Waals surface area (Å²) in [5, 5.41) is 6.50. The van der Waals surface area contributed by atoms with Crippen molar-refractivity contribution in [2.75, 3.05) is 23.7 Å². The zero-order valence-corrected chi connectivity index (χ0v) is 17.9. The predicted octanol–water partition coefficient (Wildman–Crippen LogP) is 4.80. The topological polar surface area (TPSA) is 100 Å². The molecule has 7 nitrogen and oxygen atoms in total. The summed E-state index contributed by atoms with van der Waals surface area (Å²) < 4.78 is 0. The molecular weight excluding hydrogens is 414 g/mol. The number of carbonyl (C=O) groups excluding carboxylic acids is 2. The summed E-state index contributed by atoms with van der Waals surface area (Å²) in [6, 6.07) is 19.0. The molecule has 7 heteroatoms. The zero-order valence-electron chi connectivity index (χ0n) is 17.9. The minimum atomic E-state index is -0.547. The Labute approximate surface area is 195 Å². The van der Waals surface area contributed by atoms with Gasteiger partial charge in [0, 0.05) is 43.1 Å². The molecule has 0 unspecified atom stereocenters. The number of anilines is 3. The van der Waals surface area contributed by atoms with Gasteiger partial charge in [0.25, 0.3) is 11.8 Å². The summed E-state index contributed by atoms with van der Waals surface area (Å²) in [6.07, 6.45) is 4.75. The average molecular weight is 446 g/mol. The number of hydrogen-bond donors (Lipinski definition) is 3. The van der Waals surface area contributed by atoms with Gasteiger partial charge in [-0.05, 0) is 43.0 Å². The van der Waals surface area contributed by atoms with Crippen molar-refractivity contribution in [2.45, 2.75) is 33.2 Å². The van der Waals surface area contributed by atoms with Gasteiger partial charge in [0.05, 0.1) is 11.3 Å². The predicted molar refractivity (Wildman–Crippen MR) is 133 cm³/mol. The lowest BCUT2D eigenvalue weighted by atomic mass is 10.1. The van der Waals surface area contributed by atoms with Crippen LogP contribution in [0, 0.1) is 0 Å². The van der Waals surface area contributed by atoms with E-state index in [9.17, 15) is 9.59 Å². The van der Waals surface area contributed by atoms with Gasteiger partial charge >= 0.3 is 0 Å². The molecule has 172 valence electrons. The van der Waals surface area contributed by atoms with E-state index in [-0.39, 0.29) is 13.3 Å². The molecule has 0 spiro atoms. The van der Waals surface area contributed by atoms with Crippen molar-refractivity contribution in [1.82, 2.24) is 9.88 Å². The third-order valence-corrected chi connectivity index (χ3v) is 5.52. The fraction of sp³-hybridized carbons (Fsp3) is 0.269. The fourth-order valence-electron chi connectivity index (χ4n) is 3.82. The minimum absolute atomic E-state index is 0. The second kappa shape index (κ2) is 11.1. The Morgan fingerprint density at radius 1 is 0.970 bits per heavy atom. The average Bonchev–Trinajstić information content (AvgIpc) is 2.83. The number of benzene rings is 2. The smallest absolute Gasteiger partial charge is 0.253 e. The summed E-state index contributed by atoms with van der Waals surface area (Å²) in [5.74, 6) is 0.0532. The summed E-state index contributed by atoms with van der Waals surface area (Å²) in [5.41, 5.74) is 8.92. The molecule has 1 saturated heterocycles. The first kappa shape index (κ1) is 23.8. The second-order valence-electron chi connectivity index (χ2n) is 7.88. The van der Waals surface area contributed by atoms with Gasteiger partial charge in [0.2, 0.25) is 0 Å². The van der Waals surface area contributed by atoms with E-state index in [2.05, 4.69) is 15.6 Å². The van der Waals surface area contributed by atoms with Gasteiger partial charge in [0.15, 0.2) is 0 Å². The van der Waals surface area contributed by atoms with Gasteiger partial charge in [-0.3, -0.25) is 9.59 Å². The van der Waals surface area contributed by atoms with Gasteiger partial charge in [-0.2, -0.15) is 0 Å². The molecule has 1 aromatic heterocycles. The van der Waals surface area contributed by atoms with Crippen molar-refractivity contribution in [3.8, 4) is 0 Å². The number of nitrogens with zero attached hydrogens (tertiary/aromatic N) is 2. The molecule has 0 bridgehead atoms. The van der Waals surface area contributed by atoms with E-state index in [0.29, 0.717) is 29.2 Å². The van der Waals surface area contributed by atoms with E-state index in [1.165, 1.54) is 12.6 Å². The zero-order chi connectivity index (χ0) is 22.3. The van der Waals surface area contributed by atoms with Crippen LogP contribution in [-0.4, -0.2) is 34.8 Å². The number of nitrogens with two attached hydrogens (primary N) is 1. The molecule has 4 rings (SSSR count). The van der Waals surface area contributed by atoms with Crippen molar-refractivity contribution < 1.29 is 9.59 Å². The van der Waals surface area contributed by atoms with Crippen molar-refractivity contribution in [2.24, 2.45) is 5.73 Å². The Morgan fingerprint density at radius 3 is 2.45 bits per heavy atom. The van der Waals surface area contributed by atoms with E-state index < -0.39 is 5.91 Å². The highest BCUT2D eigenvalue weighted by Crippen LogP contribution is 2.23. The van der Waals surface area contributed by atoms with Crippen LogP contribution in [0.5, 0.6) is 0 Å². The molecule has 1 aliphatic rings. The van der Waals surface area contributed by atoms with Crippen molar-refractivity contribution in [3.63, 3.8) is 0 Å². The summed E-state index contributed by atoms with van der Waals surface area (Å²) >= 11 is 0. The number of amides is 2. The molecule has 2 amide bonds. The molecule has 2 aromatic carbocycles. The van der Waals surface area contributed by atoms with Crippen LogP contribution in [0.1, 0.15) is 53.0 Å². The lowest BCUT2D eigenvalue weighted by Gasteiger charge is -2.26. The third kappa shape index (κ3) is 6.10. The molecule has 1 fully saturated rings. The van der Waals surface area contributed by atoms with Gasteiger partial charge in [-0.25, -0.2) is 4.98 Å². The standard InChI is InChI=1S/C25H27N5O2.CH4/c26-24(31)21-17-28-23(15-22(21)27-16-18-8-3-1-4-9-18)29-20-11-7-10-19(14-20)25(32)30-12-5-2-6-13-30;/h1,3-4,7-11,14-15,17H,2,5-6,12-13,16H2,(H2,26,31)(H2,27,28,29);1H4. The van der Waals surface area contributed by atoms with Crippen molar-refractivity contribution in [1.29, 1.82) is 0 Å². The van der Waals surface area contributed by atoms with Crippen LogP contribution in [0.4, 0.5) is 17.2 Å². The van der Waals surface area contributed by atoms with Gasteiger partial charge in [-0.1, -0.05) is 43.8 Å². The highest BCUT2D eigenvalue weighted by molar-refractivity contribution is 5.99. The van der Waals surface area contributed by atoms with Crippen LogP contribution in [0.3, 0.4) is 0 Å². The highest BCUT2D eigenvalue weighted by Gasteiger charge is 2.18. The number of nitrogens with one attached hydrogen (secondary N) is 2. The molecule has 33 heavy (non-hydrogen) atoms. The first-order chi connectivity index (χ1) is 15.6. The van der Waals surface area contributed by atoms with E-state index in [4.69, 9.17) is 5.73 Å². The maximum atomic E-state index is 12.8. The monoisotopic (exact) mass is 445 g/mol. The quantitative estimate of drug-likeness (QED) is 0.485. The Hall–Kier alpha value is -3.87. The van der Waals surface area contributed by atoms with Crippen LogP contribution < -0.4 is 16.4 Å². The molecule has 0 radical (unpaired) electrons. The number of pyridine rings is 1. The second-order valence-corrected chi connectivity index (χ2v) is 7.88. The minimum Gasteiger partial charge on any atom is -0.380 e. The van der Waals surface area contributed by atoms with Crippen LogP contribution >= 0.6 is 0 Å². The highest BCUT2D eigenvalue weighted by atomic mass is 16.2. The number of primary amides is 1. The van der Waals surface area contributed by atoms with Crippen LogP contribution in [-0.2, 0) is 6.54 Å². The number of rotatable bonds is 7. The number of piperidine rings is 1. The molecule has 1 aliphatic heterocycles. The number of aromatic nitrogens is 1. The number of carbonyl (C=O) groups is 2. The third-order valence-electron chi connectivity index (χ3n) is 5.52. The molecule has 0 saturated carbocycles. The van der Waals surface area contributed by atoms with Crippen LogP contribution in [0.25, 0.3) is 0 Å². The van der Waals surface area contributed by atoms with Gasteiger partial charge < -0.3 is 21.3 Å². The Balaban J connectivity index is 0.00000306. The van der Waals surface area contributed by atoms with Crippen LogP contribution in [0.15, 0.2) is 66.9 Å². The molecule has 3 aromatic rings. The largest absolute Gasteiger partial charge is 0.380 e. The van der Waals surface area contributed by atoms with E-state index >= 15 is 0 Å².